The molecule has 0 bridgehead atoms. The standard InChI is InChI=1S/C7H15NO/c1-3-4-5-8-6-7(2)9/h3-4,7-9H,5-6H2,1-2H3/b4-3+/t7-/m1/s1. The molecule has 0 rings (SSSR count). The third kappa shape index (κ3) is 7.66. The van der Waals surface area contributed by atoms with Gasteiger partial charge in [0, 0.05) is 13.1 Å². The summed E-state index contributed by atoms with van der Waals surface area (Å²) in [4.78, 5) is 0. The summed E-state index contributed by atoms with van der Waals surface area (Å²) < 4.78 is 0. The lowest BCUT2D eigenvalue weighted by Crippen LogP contribution is -2.24. The van der Waals surface area contributed by atoms with Crippen molar-refractivity contribution in [2.24, 2.45) is 0 Å². The molecular formula is C7H15NO. The highest BCUT2D eigenvalue weighted by molar-refractivity contribution is 4.79. The average molecular weight is 129 g/mol. The predicted molar refractivity (Wildman–Crippen MR) is 39.4 cm³/mol. The lowest BCUT2D eigenvalue weighted by Gasteiger charge is -2.02. The zero-order valence-electron chi connectivity index (χ0n) is 6.09. The van der Waals surface area contributed by atoms with E-state index in [0.717, 1.165) is 6.54 Å². The van der Waals surface area contributed by atoms with Crippen LogP contribution in [0, 0.1) is 0 Å². The second kappa shape index (κ2) is 5.79. The normalized spacial score (nSPS) is 14.6. The minimum absolute atomic E-state index is 0.241. The molecule has 2 nitrogen and oxygen atoms in total. The van der Waals surface area contributed by atoms with Gasteiger partial charge in [0.25, 0.3) is 0 Å². The predicted octanol–water partition coefficient (Wildman–Crippen LogP) is 0.533. The second-order valence-electron chi connectivity index (χ2n) is 2.08. The Bertz CT molecular complexity index is 79.0. The summed E-state index contributed by atoms with van der Waals surface area (Å²) in [7, 11) is 0. The van der Waals surface area contributed by atoms with E-state index in [9.17, 15) is 0 Å². The lowest BCUT2D eigenvalue weighted by atomic mass is 10.4. The molecule has 0 aliphatic carbocycles. The van der Waals surface area contributed by atoms with Crippen LogP contribution in [0.3, 0.4) is 0 Å². The highest BCUT2D eigenvalue weighted by Crippen LogP contribution is 1.74. The molecule has 0 saturated heterocycles. The number of hydrogen-bond acceptors (Lipinski definition) is 2. The maximum atomic E-state index is 8.77. The van der Waals surface area contributed by atoms with Crippen LogP contribution in [0.5, 0.6) is 0 Å². The van der Waals surface area contributed by atoms with Gasteiger partial charge in [-0.15, -0.1) is 0 Å². The summed E-state index contributed by atoms with van der Waals surface area (Å²) in [6.45, 7) is 5.26. The molecule has 0 fully saturated rings. The van der Waals surface area contributed by atoms with Crippen LogP contribution in [0.15, 0.2) is 12.2 Å². The van der Waals surface area contributed by atoms with Crippen molar-refractivity contribution in [3.63, 3.8) is 0 Å². The Balaban J connectivity index is 2.91. The number of hydrogen-bond donors (Lipinski definition) is 2. The van der Waals surface area contributed by atoms with Gasteiger partial charge in [-0.3, -0.25) is 0 Å². The fourth-order valence-electron chi connectivity index (χ4n) is 0.493. The van der Waals surface area contributed by atoms with Crippen molar-refractivity contribution < 1.29 is 5.11 Å². The molecule has 0 aromatic carbocycles. The van der Waals surface area contributed by atoms with Gasteiger partial charge in [-0.05, 0) is 13.8 Å². The minimum Gasteiger partial charge on any atom is -0.392 e. The molecule has 0 radical (unpaired) electrons. The molecule has 0 aromatic heterocycles. The highest BCUT2D eigenvalue weighted by Gasteiger charge is 1.89. The minimum atomic E-state index is -0.241. The Labute approximate surface area is 56.6 Å². The third-order valence-corrected chi connectivity index (χ3v) is 0.938. The molecule has 0 heterocycles. The second-order valence-corrected chi connectivity index (χ2v) is 2.08. The molecule has 0 aromatic rings. The molecule has 2 N–H and O–H groups in total. The van der Waals surface area contributed by atoms with Gasteiger partial charge in [0.05, 0.1) is 6.10 Å². The smallest absolute Gasteiger partial charge is 0.0636 e. The van der Waals surface area contributed by atoms with Crippen LogP contribution in [-0.4, -0.2) is 24.3 Å². The van der Waals surface area contributed by atoms with Gasteiger partial charge < -0.3 is 10.4 Å². The molecule has 0 aliphatic heterocycles. The molecule has 9 heavy (non-hydrogen) atoms. The van der Waals surface area contributed by atoms with Crippen molar-refractivity contribution in [1.29, 1.82) is 0 Å². The molecule has 0 unspecified atom stereocenters. The van der Waals surface area contributed by atoms with E-state index in [2.05, 4.69) is 5.32 Å². The van der Waals surface area contributed by atoms with Crippen LogP contribution in [0.25, 0.3) is 0 Å². The molecule has 0 spiro atoms. The average Bonchev–Trinajstić information content (AvgIpc) is 1.80. The number of rotatable bonds is 4. The van der Waals surface area contributed by atoms with E-state index in [-0.39, 0.29) is 6.10 Å². The Morgan fingerprint density at radius 1 is 1.67 bits per heavy atom. The van der Waals surface area contributed by atoms with Crippen molar-refractivity contribution in [2.75, 3.05) is 13.1 Å². The van der Waals surface area contributed by atoms with Crippen LogP contribution in [0.2, 0.25) is 0 Å². The summed E-state index contributed by atoms with van der Waals surface area (Å²) in [6.07, 6.45) is 3.76. The Kier molecular flexibility index (Phi) is 5.57. The van der Waals surface area contributed by atoms with Crippen LogP contribution in [-0.2, 0) is 0 Å². The van der Waals surface area contributed by atoms with E-state index >= 15 is 0 Å². The van der Waals surface area contributed by atoms with Gasteiger partial charge in [0.1, 0.15) is 0 Å². The first-order valence-corrected chi connectivity index (χ1v) is 3.27. The van der Waals surface area contributed by atoms with Gasteiger partial charge in [0.15, 0.2) is 0 Å². The summed E-state index contributed by atoms with van der Waals surface area (Å²) in [5, 5.41) is 11.8. The van der Waals surface area contributed by atoms with Gasteiger partial charge in [-0.2, -0.15) is 0 Å². The zero-order valence-corrected chi connectivity index (χ0v) is 6.09. The largest absolute Gasteiger partial charge is 0.392 e. The first-order chi connectivity index (χ1) is 4.27. The van der Waals surface area contributed by atoms with E-state index in [1.54, 1.807) is 6.92 Å². The number of allylic oxidation sites excluding steroid dienone is 1. The molecule has 1 atom stereocenters. The monoisotopic (exact) mass is 129 g/mol. The highest BCUT2D eigenvalue weighted by atomic mass is 16.3. The molecule has 0 saturated carbocycles. The Hall–Kier alpha value is -0.340. The fourth-order valence-corrected chi connectivity index (χ4v) is 0.493. The SMILES string of the molecule is C/C=C/CNC[C@@H](C)O. The fraction of sp³-hybridized carbons (Fsp3) is 0.714. The van der Waals surface area contributed by atoms with Crippen molar-refractivity contribution >= 4 is 0 Å². The molecule has 0 amide bonds. The van der Waals surface area contributed by atoms with Crippen LogP contribution >= 0.6 is 0 Å². The molecule has 54 valence electrons. The van der Waals surface area contributed by atoms with Crippen LogP contribution < -0.4 is 5.32 Å². The summed E-state index contributed by atoms with van der Waals surface area (Å²) in [5.74, 6) is 0. The lowest BCUT2D eigenvalue weighted by molar-refractivity contribution is 0.193. The summed E-state index contributed by atoms with van der Waals surface area (Å²) in [6, 6.07) is 0. The van der Waals surface area contributed by atoms with E-state index in [0.29, 0.717) is 6.54 Å². The maximum absolute atomic E-state index is 8.77. The van der Waals surface area contributed by atoms with Crippen molar-refractivity contribution in [3.05, 3.63) is 12.2 Å². The molecular weight excluding hydrogens is 114 g/mol. The Morgan fingerprint density at radius 3 is 2.78 bits per heavy atom. The molecule has 0 aliphatic rings. The summed E-state index contributed by atoms with van der Waals surface area (Å²) in [5.41, 5.74) is 0. The summed E-state index contributed by atoms with van der Waals surface area (Å²) >= 11 is 0. The van der Waals surface area contributed by atoms with E-state index in [4.69, 9.17) is 5.11 Å². The van der Waals surface area contributed by atoms with Crippen LogP contribution in [0.1, 0.15) is 13.8 Å². The van der Waals surface area contributed by atoms with Gasteiger partial charge in [0.2, 0.25) is 0 Å². The van der Waals surface area contributed by atoms with Gasteiger partial charge >= 0.3 is 0 Å². The van der Waals surface area contributed by atoms with Crippen molar-refractivity contribution in [2.45, 2.75) is 20.0 Å². The van der Waals surface area contributed by atoms with Crippen molar-refractivity contribution in [1.82, 2.24) is 5.32 Å². The molecule has 2 heteroatoms. The maximum Gasteiger partial charge on any atom is 0.0636 e. The van der Waals surface area contributed by atoms with Crippen molar-refractivity contribution in [3.8, 4) is 0 Å². The van der Waals surface area contributed by atoms with E-state index in [1.807, 2.05) is 19.1 Å². The third-order valence-electron chi connectivity index (χ3n) is 0.938. The zero-order chi connectivity index (χ0) is 7.11. The van der Waals surface area contributed by atoms with Gasteiger partial charge in [-0.25, -0.2) is 0 Å². The van der Waals surface area contributed by atoms with Crippen LogP contribution in [0.4, 0.5) is 0 Å². The number of aliphatic hydroxyl groups is 1. The van der Waals surface area contributed by atoms with E-state index in [1.165, 1.54) is 0 Å². The Morgan fingerprint density at radius 2 is 2.33 bits per heavy atom. The number of nitrogens with one attached hydrogen (secondary N) is 1. The first kappa shape index (κ1) is 8.66. The number of aliphatic hydroxyl groups excluding tert-OH is 1. The first-order valence-electron chi connectivity index (χ1n) is 3.27. The topological polar surface area (TPSA) is 32.3 Å². The van der Waals surface area contributed by atoms with E-state index < -0.39 is 0 Å². The quantitative estimate of drug-likeness (QED) is 0.429. The van der Waals surface area contributed by atoms with Gasteiger partial charge in [-0.1, -0.05) is 12.2 Å².